The Morgan fingerprint density at radius 2 is 2.22 bits per heavy atom. The van der Waals surface area contributed by atoms with Gasteiger partial charge >= 0.3 is 0 Å². The average molecular weight is 397 g/mol. The van der Waals surface area contributed by atoms with E-state index in [0.29, 0.717) is 10.4 Å². The van der Waals surface area contributed by atoms with Crippen molar-refractivity contribution >= 4 is 33.0 Å². The number of halogens is 1. The van der Waals surface area contributed by atoms with Crippen molar-refractivity contribution in [3.05, 3.63) is 43.4 Å². The van der Waals surface area contributed by atoms with Crippen LogP contribution in [0.4, 0.5) is 5.69 Å². The zero-order valence-electron chi connectivity index (χ0n) is 13.2. The van der Waals surface area contributed by atoms with E-state index in [4.69, 9.17) is 0 Å². The first-order valence-electron chi connectivity index (χ1n) is 7.84. The summed E-state index contributed by atoms with van der Waals surface area (Å²) in [6.07, 6.45) is 4.08. The number of aromatic nitrogens is 2. The summed E-state index contributed by atoms with van der Waals surface area (Å²) in [6.45, 7) is 4.24. The van der Waals surface area contributed by atoms with Crippen molar-refractivity contribution in [1.82, 2.24) is 14.7 Å². The minimum absolute atomic E-state index is 0.110. The quantitative estimate of drug-likeness (QED) is 0.843. The van der Waals surface area contributed by atoms with Gasteiger partial charge in [0, 0.05) is 25.0 Å². The van der Waals surface area contributed by atoms with Gasteiger partial charge in [-0.1, -0.05) is 6.07 Å². The van der Waals surface area contributed by atoms with E-state index < -0.39 is 0 Å². The van der Waals surface area contributed by atoms with Gasteiger partial charge in [0.1, 0.15) is 4.47 Å². The molecule has 0 aromatic carbocycles. The molecule has 0 radical (unpaired) electrons. The van der Waals surface area contributed by atoms with Crippen molar-refractivity contribution < 1.29 is 0 Å². The number of hydrogen-bond acceptors (Lipinski definition) is 5. The molecular weight excluding hydrogens is 376 g/mol. The van der Waals surface area contributed by atoms with E-state index in [9.17, 15) is 4.79 Å². The van der Waals surface area contributed by atoms with E-state index in [0.717, 1.165) is 31.9 Å². The fourth-order valence-corrected chi connectivity index (χ4v) is 4.11. The normalized spacial score (nSPS) is 16.6. The Kier molecular flexibility index (Phi) is 5.50. The van der Waals surface area contributed by atoms with Crippen molar-refractivity contribution in [2.75, 3.05) is 25.0 Å². The zero-order valence-corrected chi connectivity index (χ0v) is 15.6. The Morgan fingerprint density at radius 3 is 2.91 bits per heavy atom. The SMILES string of the molecule is Cn1ncc(NCC2CCN(Cc3cccs3)CC2)c(Br)c1=O. The lowest BCUT2D eigenvalue weighted by molar-refractivity contribution is 0.184. The summed E-state index contributed by atoms with van der Waals surface area (Å²) in [6, 6.07) is 4.32. The molecule has 1 N–H and O–H groups in total. The number of aryl methyl sites for hydroxylation is 1. The number of anilines is 1. The van der Waals surface area contributed by atoms with Crippen LogP contribution in [-0.2, 0) is 13.6 Å². The summed E-state index contributed by atoms with van der Waals surface area (Å²) < 4.78 is 1.89. The molecule has 2 aromatic heterocycles. The minimum atomic E-state index is -0.110. The van der Waals surface area contributed by atoms with Gasteiger partial charge in [0.05, 0.1) is 11.9 Å². The maximum Gasteiger partial charge on any atom is 0.282 e. The molecule has 0 saturated carbocycles. The Hall–Kier alpha value is -1.18. The Labute approximate surface area is 148 Å². The highest BCUT2D eigenvalue weighted by molar-refractivity contribution is 9.10. The first-order valence-corrected chi connectivity index (χ1v) is 9.51. The molecule has 3 rings (SSSR count). The largest absolute Gasteiger partial charge is 0.382 e. The van der Waals surface area contributed by atoms with Gasteiger partial charge in [-0.05, 0) is 59.2 Å². The number of nitrogens with one attached hydrogen (secondary N) is 1. The molecule has 0 atom stereocenters. The molecule has 1 saturated heterocycles. The fraction of sp³-hybridized carbons (Fsp3) is 0.500. The van der Waals surface area contributed by atoms with Crippen LogP contribution in [-0.4, -0.2) is 34.3 Å². The molecule has 7 heteroatoms. The number of likely N-dealkylation sites (tertiary alicyclic amines) is 1. The van der Waals surface area contributed by atoms with Gasteiger partial charge < -0.3 is 5.32 Å². The monoisotopic (exact) mass is 396 g/mol. The van der Waals surface area contributed by atoms with Crippen LogP contribution < -0.4 is 10.9 Å². The molecule has 5 nitrogen and oxygen atoms in total. The number of hydrogen-bond donors (Lipinski definition) is 1. The molecule has 124 valence electrons. The predicted molar refractivity (Wildman–Crippen MR) is 98.0 cm³/mol. The molecule has 0 aliphatic carbocycles. The van der Waals surface area contributed by atoms with Gasteiger partial charge in [0.15, 0.2) is 0 Å². The molecule has 1 aliphatic heterocycles. The van der Waals surface area contributed by atoms with Crippen molar-refractivity contribution in [2.24, 2.45) is 13.0 Å². The van der Waals surface area contributed by atoms with Gasteiger partial charge in [-0.15, -0.1) is 11.3 Å². The van der Waals surface area contributed by atoms with Crippen molar-refractivity contribution in [3.63, 3.8) is 0 Å². The molecule has 3 heterocycles. The molecule has 0 spiro atoms. The van der Waals surface area contributed by atoms with Crippen LogP contribution in [0.2, 0.25) is 0 Å². The minimum Gasteiger partial charge on any atom is -0.382 e. The van der Waals surface area contributed by atoms with E-state index in [2.05, 4.69) is 48.8 Å². The Morgan fingerprint density at radius 1 is 1.43 bits per heavy atom. The topological polar surface area (TPSA) is 50.2 Å². The third-order valence-corrected chi connectivity index (χ3v) is 5.95. The Balaban J connectivity index is 1.48. The lowest BCUT2D eigenvalue weighted by Crippen LogP contribution is -2.35. The number of nitrogens with zero attached hydrogens (tertiary/aromatic N) is 3. The number of rotatable bonds is 5. The first kappa shape index (κ1) is 16.7. The molecule has 23 heavy (non-hydrogen) atoms. The van der Waals surface area contributed by atoms with Crippen molar-refractivity contribution in [2.45, 2.75) is 19.4 Å². The van der Waals surface area contributed by atoms with Gasteiger partial charge in [-0.2, -0.15) is 5.10 Å². The molecule has 1 aliphatic rings. The van der Waals surface area contributed by atoms with Crippen LogP contribution in [0, 0.1) is 5.92 Å². The fourth-order valence-electron chi connectivity index (χ4n) is 2.86. The number of piperidine rings is 1. The van der Waals surface area contributed by atoms with Crippen molar-refractivity contribution in [1.29, 1.82) is 0 Å². The standard InChI is InChI=1S/C16H21BrN4OS/c1-20-16(22)15(17)14(10-19-20)18-9-12-4-6-21(7-5-12)11-13-3-2-8-23-13/h2-3,8,10,12,18H,4-7,9,11H2,1H3. The zero-order chi connectivity index (χ0) is 16.2. The van der Waals surface area contributed by atoms with Crippen LogP contribution in [0.25, 0.3) is 0 Å². The highest BCUT2D eigenvalue weighted by atomic mass is 79.9. The Bertz CT molecular complexity index is 693. The lowest BCUT2D eigenvalue weighted by Gasteiger charge is -2.31. The summed E-state index contributed by atoms with van der Waals surface area (Å²) in [7, 11) is 1.65. The van der Waals surface area contributed by atoms with E-state index in [1.54, 1.807) is 13.2 Å². The van der Waals surface area contributed by atoms with Gasteiger partial charge in [-0.25, -0.2) is 4.68 Å². The van der Waals surface area contributed by atoms with Gasteiger partial charge in [0.25, 0.3) is 5.56 Å². The smallest absolute Gasteiger partial charge is 0.282 e. The van der Waals surface area contributed by atoms with Crippen LogP contribution in [0.5, 0.6) is 0 Å². The van der Waals surface area contributed by atoms with Gasteiger partial charge in [-0.3, -0.25) is 9.69 Å². The lowest BCUT2D eigenvalue weighted by atomic mass is 9.96. The third-order valence-electron chi connectivity index (χ3n) is 4.33. The predicted octanol–water partition coefficient (Wildman–Crippen LogP) is 2.93. The second kappa shape index (κ2) is 7.59. The summed E-state index contributed by atoms with van der Waals surface area (Å²) >= 11 is 5.19. The summed E-state index contributed by atoms with van der Waals surface area (Å²) in [5, 5.41) is 9.57. The van der Waals surface area contributed by atoms with Crippen LogP contribution in [0.1, 0.15) is 17.7 Å². The highest BCUT2D eigenvalue weighted by Crippen LogP contribution is 2.22. The average Bonchev–Trinajstić information content (AvgIpc) is 3.06. The van der Waals surface area contributed by atoms with Crippen LogP contribution in [0.15, 0.2) is 33.0 Å². The first-order chi connectivity index (χ1) is 11.1. The third kappa shape index (κ3) is 4.22. The van der Waals surface area contributed by atoms with Crippen LogP contribution >= 0.6 is 27.3 Å². The summed E-state index contributed by atoms with van der Waals surface area (Å²) in [4.78, 5) is 15.8. The molecular formula is C16H21BrN4OS. The van der Waals surface area contributed by atoms with E-state index in [1.165, 1.54) is 22.4 Å². The maximum absolute atomic E-state index is 11.8. The second-order valence-electron chi connectivity index (χ2n) is 5.98. The van der Waals surface area contributed by atoms with E-state index in [-0.39, 0.29) is 5.56 Å². The van der Waals surface area contributed by atoms with E-state index in [1.807, 2.05) is 11.3 Å². The molecule has 0 unspecified atom stereocenters. The van der Waals surface area contributed by atoms with Crippen molar-refractivity contribution in [3.8, 4) is 0 Å². The molecule has 0 bridgehead atoms. The number of thiophene rings is 1. The summed E-state index contributed by atoms with van der Waals surface area (Å²) in [5.41, 5.74) is 0.676. The molecule has 0 amide bonds. The van der Waals surface area contributed by atoms with E-state index >= 15 is 0 Å². The highest BCUT2D eigenvalue weighted by Gasteiger charge is 2.19. The van der Waals surface area contributed by atoms with Crippen LogP contribution in [0.3, 0.4) is 0 Å². The molecule has 2 aromatic rings. The maximum atomic E-state index is 11.8. The summed E-state index contributed by atoms with van der Waals surface area (Å²) in [5.74, 6) is 0.644. The molecule has 1 fully saturated rings. The van der Waals surface area contributed by atoms with Gasteiger partial charge in [0.2, 0.25) is 0 Å². The second-order valence-corrected chi connectivity index (χ2v) is 7.81.